The van der Waals surface area contributed by atoms with E-state index < -0.39 is 0 Å². The minimum atomic E-state index is 0.531. The van der Waals surface area contributed by atoms with Crippen LogP contribution in [0.3, 0.4) is 0 Å². The van der Waals surface area contributed by atoms with E-state index in [0.29, 0.717) is 11.5 Å². The lowest BCUT2D eigenvalue weighted by molar-refractivity contribution is 0.134. The van der Waals surface area contributed by atoms with Gasteiger partial charge in [0.15, 0.2) is 0 Å². The Labute approximate surface area is 89.7 Å². The lowest BCUT2D eigenvalue weighted by Crippen LogP contribution is -2.34. The van der Waals surface area contributed by atoms with Gasteiger partial charge in [0, 0.05) is 6.04 Å². The van der Waals surface area contributed by atoms with Crippen molar-refractivity contribution >= 4 is 0 Å². The molecule has 14 heavy (non-hydrogen) atoms. The second-order valence-electron chi connectivity index (χ2n) is 5.72. The van der Waals surface area contributed by atoms with Crippen molar-refractivity contribution in [1.82, 2.24) is 5.32 Å². The maximum absolute atomic E-state index is 3.36. The molecule has 1 atom stereocenters. The molecule has 0 radical (unpaired) electrons. The Morgan fingerprint density at radius 1 is 1.21 bits per heavy atom. The molecule has 1 unspecified atom stereocenters. The second-order valence-corrected chi connectivity index (χ2v) is 5.72. The molecule has 1 saturated carbocycles. The molecule has 84 valence electrons. The molecule has 1 fully saturated rings. The molecule has 1 N–H and O–H groups in total. The lowest BCUT2D eigenvalue weighted by atomic mass is 9.68. The molecule has 0 aromatic carbocycles. The zero-order valence-electron chi connectivity index (χ0n) is 10.4. The molecule has 0 aliphatic heterocycles. The third-order valence-corrected chi connectivity index (χ3v) is 4.04. The van der Waals surface area contributed by atoms with Gasteiger partial charge in [-0.1, -0.05) is 33.1 Å². The van der Waals surface area contributed by atoms with Crippen molar-refractivity contribution < 1.29 is 0 Å². The first-order chi connectivity index (χ1) is 6.56. The molecular formula is C13H27N. The van der Waals surface area contributed by atoms with E-state index in [1.807, 2.05) is 0 Å². The van der Waals surface area contributed by atoms with Gasteiger partial charge in [-0.05, 0) is 44.6 Å². The SMILES string of the molecule is CNC(C)CC(C)(C)C1CCCCC1. The molecule has 1 rings (SSSR count). The van der Waals surface area contributed by atoms with Gasteiger partial charge in [0.25, 0.3) is 0 Å². The van der Waals surface area contributed by atoms with Crippen LogP contribution in [0, 0.1) is 11.3 Å². The van der Waals surface area contributed by atoms with Gasteiger partial charge in [-0.15, -0.1) is 0 Å². The predicted octanol–water partition coefficient (Wildman–Crippen LogP) is 3.59. The van der Waals surface area contributed by atoms with Crippen LogP contribution < -0.4 is 5.32 Å². The van der Waals surface area contributed by atoms with Crippen LogP contribution in [-0.4, -0.2) is 13.1 Å². The number of rotatable bonds is 4. The summed E-state index contributed by atoms with van der Waals surface area (Å²) >= 11 is 0. The standard InChI is InChI=1S/C13H27N/c1-11(14-4)10-13(2,3)12-8-6-5-7-9-12/h11-12,14H,5-10H2,1-4H3. The van der Waals surface area contributed by atoms with Crippen molar-refractivity contribution in [1.29, 1.82) is 0 Å². The Bertz CT molecular complexity index is 157. The minimum Gasteiger partial charge on any atom is -0.317 e. The van der Waals surface area contributed by atoms with Crippen LogP contribution in [0.15, 0.2) is 0 Å². The summed E-state index contributed by atoms with van der Waals surface area (Å²) in [6.07, 6.45) is 8.62. The zero-order chi connectivity index (χ0) is 10.6. The molecule has 1 aliphatic rings. The maximum atomic E-state index is 3.36. The fraction of sp³-hybridized carbons (Fsp3) is 1.00. The summed E-state index contributed by atoms with van der Waals surface area (Å²) in [6, 6.07) is 0.659. The number of hydrogen-bond donors (Lipinski definition) is 1. The van der Waals surface area contributed by atoms with E-state index in [9.17, 15) is 0 Å². The highest BCUT2D eigenvalue weighted by molar-refractivity contribution is 4.83. The largest absolute Gasteiger partial charge is 0.317 e. The molecule has 1 aliphatic carbocycles. The topological polar surface area (TPSA) is 12.0 Å². The second kappa shape index (κ2) is 5.16. The quantitative estimate of drug-likeness (QED) is 0.726. The van der Waals surface area contributed by atoms with Crippen LogP contribution in [-0.2, 0) is 0 Å². The van der Waals surface area contributed by atoms with Crippen LogP contribution in [0.4, 0.5) is 0 Å². The predicted molar refractivity (Wildman–Crippen MR) is 63.5 cm³/mol. The van der Waals surface area contributed by atoms with E-state index in [1.165, 1.54) is 38.5 Å². The van der Waals surface area contributed by atoms with Crippen LogP contribution in [0.5, 0.6) is 0 Å². The maximum Gasteiger partial charge on any atom is 0.00409 e. The fourth-order valence-corrected chi connectivity index (χ4v) is 2.94. The van der Waals surface area contributed by atoms with Crippen LogP contribution in [0.25, 0.3) is 0 Å². The van der Waals surface area contributed by atoms with Gasteiger partial charge in [-0.25, -0.2) is 0 Å². The van der Waals surface area contributed by atoms with Crippen molar-refractivity contribution in [3.63, 3.8) is 0 Å². The van der Waals surface area contributed by atoms with E-state index >= 15 is 0 Å². The van der Waals surface area contributed by atoms with E-state index in [-0.39, 0.29) is 0 Å². The summed E-state index contributed by atoms with van der Waals surface area (Å²) in [4.78, 5) is 0. The Kier molecular flexibility index (Phi) is 4.43. The Hall–Kier alpha value is -0.0400. The van der Waals surface area contributed by atoms with Crippen LogP contribution >= 0.6 is 0 Å². The molecule has 0 saturated heterocycles. The lowest BCUT2D eigenvalue weighted by Gasteiger charge is -2.38. The summed E-state index contributed by atoms with van der Waals surface area (Å²) in [7, 11) is 2.07. The molecule has 0 heterocycles. The van der Waals surface area contributed by atoms with Crippen molar-refractivity contribution in [2.24, 2.45) is 11.3 Å². The van der Waals surface area contributed by atoms with Gasteiger partial charge < -0.3 is 5.32 Å². The van der Waals surface area contributed by atoms with E-state index in [1.54, 1.807) is 0 Å². The minimum absolute atomic E-state index is 0.531. The highest BCUT2D eigenvalue weighted by Gasteiger charge is 2.31. The number of nitrogens with one attached hydrogen (secondary N) is 1. The first-order valence-electron chi connectivity index (χ1n) is 6.23. The fourth-order valence-electron chi connectivity index (χ4n) is 2.94. The highest BCUT2D eigenvalue weighted by Crippen LogP contribution is 2.41. The van der Waals surface area contributed by atoms with E-state index in [0.717, 1.165) is 5.92 Å². The van der Waals surface area contributed by atoms with Crippen LogP contribution in [0.1, 0.15) is 59.3 Å². The first kappa shape index (κ1) is 12.0. The monoisotopic (exact) mass is 197 g/mol. The van der Waals surface area contributed by atoms with Gasteiger partial charge in [-0.3, -0.25) is 0 Å². The third kappa shape index (κ3) is 3.27. The summed E-state index contributed by atoms with van der Waals surface area (Å²) in [5.41, 5.74) is 0.531. The van der Waals surface area contributed by atoms with E-state index in [4.69, 9.17) is 0 Å². The molecule has 0 bridgehead atoms. The summed E-state index contributed by atoms with van der Waals surface area (Å²) in [6.45, 7) is 7.21. The zero-order valence-corrected chi connectivity index (χ0v) is 10.4. The van der Waals surface area contributed by atoms with Crippen molar-refractivity contribution in [3.8, 4) is 0 Å². The van der Waals surface area contributed by atoms with Crippen molar-refractivity contribution in [2.75, 3.05) is 7.05 Å². The Balaban J connectivity index is 2.45. The van der Waals surface area contributed by atoms with Gasteiger partial charge in [0.05, 0.1) is 0 Å². The van der Waals surface area contributed by atoms with Gasteiger partial charge in [-0.2, -0.15) is 0 Å². The van der Waals surface area contributed by atoms with Gasteiger partial charge in [0.2, 0.25) is 0 Å². The normalized spacial score (nSPS) is 22.3. The highest BCUT2D eigenvalue weighted by atomic mass is 14.9. The smallest absolute Gasteiger partial charge is 0.00409 e. The Morgan fingerprint density at radius 2 is 1.79 bits per heavy atom. The Morgan fingerprint density at radius 3 is 2.29 bits per heavy atom. The molecule has 1 nitrogen and oxygen atoms in total. The van der Waals surface area contributed by atoms with Gasteiger partial charge in [0.1, 0.15) is 0 Å². The summed E-state index contributed by atoms with van der Waals surface area (Å²) in [5, 5.41) is 3.36. The molecule has 0 amide bonds. The average molecular weight is 197 g/mol. The first-order valence-corrected chi connectivity index (χ1v) is 6.23. The molecule has 0 spiro atoms. The molecule has 0 aromatic rings. The molecular weight excluding hydrogens is 170 g/mol. The molecule has 0 aromatic heterocycles. The summed E-state index contributed by atoms with van der Waals surface area (Å²) < 4.78 is 0. The average Bonchev–Trinajstić information content (AvgIpc) is 2.18. The van der Waals surface area contributed by atoms with Crippen molar-refractivity contribution in [3.05, 3.63) is 0 Å². The van der Waals surface area contributed by atoms with Crippen LogP contribution in [0.2, 0.25) is 0 Å². The molecule has 1 heteroatoms. The van der Waals surface area contributed by atoms with Gasteiger partial charge >= 0.3 is 0 Å². The summed E-state index contributed by atoms with van der Waals surface area (Å²) in [5.74, 6) is 0.965. The van der Waals surface area contributed by atoms with Crippen molar-refractivity contribution in [2.45, 2.75) is 65.3 Å². The van der Waals surface area contributed by atoms with E-state index in [2.05, 4.69) is 33.1 Å². The number of hydrogen-bond acceptors (Lipinski definition) is 1. The third-order valence-electron chi connectivity index (χ3n) is 4.04.